The van der Waals surface area contributed by atoms with Crippen molar-refractivity contribution in [2.45, 2.75) is 32.2 Å². The maximum atomic E-state index is 4.58. The van der Waals surface area contributed by atoms with E-state index < -0.39 is 0 Å². The van der Waals surface area contributed by atoms with E-state index in [0.717, 1.165) is 12.8 Å². The Labute approximate surface area is 127 Å². The van der Waals surface area contributed by atoms with Crippen LogP contribution in [0.3, 0.4) is 0 Å². The third kappa shape index (κ3) is 2.76. The van der Waals surface area contributed by atoms with Crippen molar-refractivity contribution >= 4 is 28.3 Å². The van der Waals surface area contributed by atoms with E-state index >= 15 is 0 Å². The smallest absolute Gasteiger partial charge is 0.0688 e. The molecule has 2 aromatic rings. The zero-order valence-corrected chi connectivity index (χ0v) is 13.1. The Bertz CT molecular complexity index is 595. The topological polar surface area (TPSA) is 24.9 Å². The molecule has 0 saturated heterocycles. The molecule has 1 heterocycles. The number of fused-ring (bicyclic) bond motifs is 1. The SMILES string of the molecule is Cc1cc(I)ccc1NC1CCCc2cccnc21. The van der Waals surface area contributed by atoms with E-state index in [4.69, 9.17) is 0 Å². The van der Waals surface area contributed by atoms with Crippen molar-refractivity contribution in [2.24, 2.45) is 0 Å². The Morgan fingerprint density at radius 1 is 1.32 bits per heavy atom. The standard InChI is InChI=1S/C16H17IN2/c1-11-10-13(17)7-8-14(11)19-15-6-2-4-12-5-3-9-18-16(12)15/h3,5,7-10,15,19H,2,4,6H2,1H3. The van der Waals surface area contributed by atoms with Crippen LogP contribution in [0.5, 0.6) is 0 Å². The summed E-state index contributed by atoms with van der Waals surface area (Å²) in [6.07, 6.45) is 5.46. The van der Waals surface area contributed by atoms with Gasteiger partial charge in [0.25, 0.3) is 0 Å². The Kier molecular flexibility index (Phi) is 3.73. The highest BCUT2D eigenvalue weighted by Gasteiger charge is 2.21. The molecule has 1 aliphatic rings. The number of nitrogens with one attached hydrogen (secondary N) is 1. The van der Waals surface area contributed by atoms with Gasteiger partial charge in [-0.3, -0.25) is 4.98 Å². The third-order valence-corrected chi connectivity index (χ3v) is 4.38. The van der Waals surface area contributed by atoms with Crippen LogP contribution in [0.15, 0.2) is 36.5 Å². The van der Waals surface area contributed by atoms with E-state index in [-0.39, 0.29) is 0 Å². The van der Waals surface area contributed by atoms with Crippen LogP contribution < -0.4 is 5.32 Å². The summed E-state index contributed by atoms with van der Waals surface area (Å²) in [6, 6.07) is 11.1. The first-order valence-electron chi connectivity index (χ1n) is 6.70. The first-order chi connectivity index (χ1) is 9.24. The van der Waals surface area contributed by atoms with Crippen molar-refractivity contribution in [3.63, 3.8) is 0 Å². The van der Waals surface area contributed by atoms with Gasteiger partial charge in [-0.15, -0.1) is 0 Å². The number of aryl methyl sites for hydroxylation is 2. The van der Waals surface area contributed by atoms with Crippen LogP contribution >= 0.6 is 22.6 Å². The fourth-order valence-electron chi connectivity index (χ4n) is 2.73. The highest BCUT2D eigenvalue weighted by molar-refractivity contribution is 14.1. The summed E-state index contributed by atoms with van der Waals surface area (Å²) in [4.78, 5) is 4.58. The van der Waals surface area contributed by atoms with Crippen LogP contribution in [-0.2, 0) is 6.42 Å². The van der Waals surface area contributed by atoms with Gasteiger partial charge in [-0.1, -0.05) is 6.07 Å². The number of rotatable bonds is 2. The highest BCUT2D eigenvalue weighted by Crippen LogP contribution is 2.32. The van der Waals surface area contributed by atoms with E-state index in [2.05, 4.69) is 64.1 Å². The molecule has 98 valence electrons. The van der Waals surface area contributed by atoms with Crippen LogP contribution in [0.25, 0.3) is 0 Å². The number of nitrogens with zero attached hydrogens (tertiary/aromatic N) is 1. The molecule has 0 amide bonds. The van der Waals surface area contributed by atoms with Gasteiger partial charge in [0.05, 0.1) is 11.7 Å². The van der Waals surface area contributed by atoms with Gasteiger partial charge in [-0.25, -0.2) is 0 Å². The summed E-state index contributed by atoms with van der Waals surface area (Å²) in [5.41, 5.74) is 5.15. The third-order valence-electron chi connectivity index (χ3n) is 3.71. The zero-order chi connectivity index (χ0) is 13.2. The molecule has 1 aromatic carbocycles. The Morgan fingerprint density at radius 2 is 2.21 bits per heavy atom. The number of halogens is 1. The molecule has 1 atom stereocenters. The molecule has 1 aliphatic carbocycles. The molecular formula is C16H17IN2. The minimum atomic E-state index is 0.351. The van der Waals surface area contributed by atoms with Crippen molar-refractivity contribution in [1.29, 1.82) is 0 Å². The number of hydrogen-bond acceptors (Lipinski definition) is 2. The van der Waals surface area contributed by atoms with E-state index in [9.17, 15) is 0 Å². The molecule has 1 aromatic heterocycles. The quantitative estimate of drug-likeness (QED) is 0.795. The van der Waals surface area contributed by atoms with Gasteiger partial charge in [0.1, 0.15) is 0 Å². The van der Waals surface area contributed by atoms with Gasteiger partial charge in [-0.05, 0) is 84.2 Å². The van der Waals surface area contributed by atoms with Gasteiger partial charge in [0.2, 0.25) is 0 Å². The van der Waals surface area contributed by atoms with Gasteiger partial charge in [0, 0.05) is 15.5 Å². The summed E-state index contributed by atoms with van der Waals surface area (Å²) < 4.78 is 1.28. The maximum Gasteiger partial charge on any atom is 0.0688 e. The second-order valence-corrected chi connectivity index (χ2v) is 6.34. The summed E-state index contributed by atoms with van der Waals surface area (Å²) in [7, 11) is 0. The molecule has 3 heteroatoms. The van der Waals surface area contributed by atoms with Crippen molar-refractivity contribution in [2.75, 3.05) is 5.32 Å². The van der Waals surface area contributed by atoms with Crippen molar-refractivity contribution in [1.82, 2.24) is 4.98 Å². The largest absolute Gasteiger partial charge is 0.376 e. The summed E-state index contributed by atoms with van der Waals surface area (Å²) in [5.74, 6) is 0. The predicted octanol–water partition coefficient (Wildman–Crippen LogP) is 4.48. The van der Waals surface area contributed by atoms with Crippen LogP contribution in [0.2, 0.25) is 0 Å². The molecule has 0 bridgehead atoms. The van der Waals surface area contributed by atoms with Crippen LogP contribution in [0.4, 0.5) is 5.69 Å². The van der Waals surface area contributed by atoms with Crippen LogP contribution in [0, 0.1) is 10.5 Å². The van der Waals surface area contributed by atoms with Gasteiger partial charge in [0.15, 0.2) is 0 Å². The molecule has 1 unspecified atom stereocenters. The minimum Gasteiger partial charge on any atom is -0.376 e. The summed E-state index contributed by atoms with van der Waals surface area (Å²) in [6.45, 7) is 2.16. The van der Waals surface area contributed by atoms with Crippen LogP contribution in [-0.4, -0.2) is 4.98 Å². The van der Waals surface area contributed by atoms with Gasteiger partial charge >= 0.3 is 0 Å². The zero-order valence-electron chi connectivity index (χ0n) is 11.0. The second-order valence-electron chi connectivity index (χ2n) is 5.10. The lowest BCUT2D eigenvalue weighted by Crippen LogP contribution is -2.19. The first-order valence-corrected chi connectivity index (χ1v) is 7.78. The second kappa shape index (κ2) is 5.49. The van der Waals surface area contributed by atoms with Crippen molar-refractivity contribution < 1.29 is 0 Å². The fourth-order valence-corrected chi connectivity index (χ4v) is 3.37. The van der Waals surface area contributed by atoms with Crippen molar-refractivity contribution in [3.8, 4) is 0 Å². The maximum absolute atomic E-state index is 4.58. The van der Waals surface area contributed by atoms with E-state index in [1.807, 2.05) is 12.3 Å². The summed E-state index contributed by atoms with van der Waals surface area (Å²) >= 11 is 2.35. The van der Waals surface area contributed by atoms with E-state index in [0.29, 0.717) is 6.04 Å². The molecule has 0 fully saturated rings. The number of pyridine rings is 1. The molecule has 0 spiro atoms. The first kappa shape index (κ1) is 12.9. The minimum absolute atomic E-state index is 0.351. The molecule has 0 radical (unpaired) electrons. The van der Waals surface area contributed by atoms with E-state index in [1.54, 1.807) is 0 Å². The lowest BCUT2D eigenvalue weighted by molar-refractivity contribution is 0.583. The van der Waals surface area contributed by atoms with Gasteiger partial charge in [-0.2, -0.15) is 0 Å². The number of benzene rings is 1. The highest BCUT2D eigenvalue weighted by atomic mass is 127. The monoisotopic (exact) mass is 364 g/mol. The molecular weight excluding hydrogens is 347 g/mol. The summed E-state index contributed by atoms with van der Waals surface area (Å²) in [5, 5.41) is 3.67. The molecule has 2 nitrogen and oxygen atoms in total. The number of anilines is 1. The molecule has 3 rings (SSSR count). The van der Waals surface area contributed by atoms with E-state index in [1.165, 1.54) is 32.5 Å². The Hall–Kier alpha value is -1.10. The Morgan fingerprint density at radius 3 is 3.05 bits per heavy atom. The lowest BCUT2D eigenvalue weighted by Gasteiger charge is -2.26. The predicted molar refractivity (Wildman–Crippen MR) is 87.4 cm³/mol. The fraction of sp³-hybridized carbons (Fsp3) is 0.312. The number of hydrogen-bond donors (Lipinski definition) is 1. The van der Waals surface area contributed by atoms with Crippen LogP contribution in [0.1, 0.15) is 35.7 Å². The molecule has 0 aliphatic heterocycles. The molecule has 19 heavy (non-hydrogen) atoms. The Balaban J connectivity index is 1.88. The average Bonchev–Trinajstić information content (AvgIpc) is 2.42. The lowest BCUT2D eigenvalue weighted by atomic mass is 9.91. The van der Waals surface area contributed by atoms with Crippen molar-refractivity contribution in [3.05, 3.63) is 56.9 Å². The van der Waals surface area contributed by atoms with Gasteiger partial charge < -0.3 is 5.32 Å². The number of aromatic nitrogens is 1. The normalized spacial score (nSPS) is 17.9. The molecule has 0 saturated carbocycles. The molecule has 1 N–H and O–H groups in total. The average molecular weight is 364 g/mol.